The van der Waals surface area contributed by atoms with Crippen LogP contribution in [0.15, 0.2) is 45.3 Å². The average molecular weight is 370 g/mol. The molecule has 2 N–H and O–H groups in total. The standard InChI is InChI=1S/C14H10Br2O2/c15-7-1-3-9-11(5-7)12-6-8(16)2-4-10(12)14(18)13(9)17/h1-6,13-14,17-18H/t13-,14?/m0/s1. The number of hydrogen-bond donors (Lipinski definition) is 2. The first-order chi connectivity index (χ1) is 8.58. The topological polar surface area (TPSA) is 40.5 Å². The molecule has 0 saturated carbocycles. The summed E-state index contributed by atoms with van der Waals surface area (Å²) in [6.45, 7) is 0. The molecule has 0 bridgehead atoms. The van der Waals surface area contributed by atoms with Crippen molar-refractivity contribution in [3.63, 3.8) is 0 Å². The van der Waals surface area contributed by atoms with Gasteiger partial charge in [-0.05, 0) is 46.5 Å². The molecule has 18 heavy (non-hydrogen) atoms. The predicted molar refractivity (Wildman–Crippen MR) is 77.2 cm³/mol. The molecular weight excluding hydrogens is 360 g/mol. The summed E-state index contributed by atoms with van der Waals surface area (Å²) < 4.78 is 1.91. The summed E-state index contributed by atoms with van der Waals surface area (Å²) in [6.07, 6.45) is -1.75. The van der Waals surface area contributed by atoms with Crippen molar-refractivity contribution in [2.24, 2.45) is 0 Å². The molecule has 0 aliphatic heterocycles. The van der Waals surface area contributed by atoms with Crippen LogP contribution in [0, 0.1) is 0 Å². The molecule has 4 heteroatoms. The van der Waals surface area contributed by atoms with Crippen molar-refractivity contribution in [3.05, 3.63) is 56.5 Å². The lowest BCUT2D eigenvalue weighted by Crippen LogP contribution is -2.17. The number of rotatable bonds is 0. The summed E-state index contributed by atoms with van der Waals surface area (Å²) in [5.41, 5.74) is 3.43. The second-order valence-corrected chi connectivity index (χ2v) is 6.18. The molecule has 1 unspecified atom stereocenters. The van der Waals surface area contributed by atoms with Gasteiger partial charge in [-0.3, -0.25) is 0 Å². The minimum atomic E-state index is -0.873. The van der Waals surface area contributed by atoms with E-state index in [4.69, 9.17) is 0 Å². The van der Waals surface area contributed by atoms with Gasteiger partial charge in [0.1, 0.15) is 12.2 Å². The van der Waals surface area contributed by atoms with E-state index in [0.29, 0.717) is 0 Å². The van der Waals surface area contributed by atoms with E-state index in [1.165, 1.54) is 0 Å². The Balaban J connectivity index is 2.33. The van der Waals surface area contributed by atoms with Crippen LogP contribution in [0.2, 0.25) is 0 Å². The molecule has 2 atom stereocenters. The zero-order valence-corrected chi connectivity index (χ0v) is 12.4. The van der Waals surface area contributed by atoms with Gasteiger partial charge in [-0.1, -0.05) is 44.0 Å². The lowest BCUT2D eigenvalue weighted by Gasteiger charge is -2.29. The molecule has 1 aliphatic carbocycles. The molecule has 0 saturated heterocycles. The van der Waals surface area contributed by atoms with Crippen molar-refractivity contribution < 1.29 is 10.2 Å². The van der Waals surface area contributed by atoms with Crippen LogP contribution < -0.4 is 0 Å². The summed E-state index contributed by atoms with van der Waals surface area (Å²) in [5.74, 6) is 0. The third kappa shape index (κ3) is 1.84. The summed E-state index contributed by atoms with van der Waals surface area (Å²) in [4.78, 5) is 0. The monoisotopic (exact) mass is 368 g/mol. The van der Waals surface area contributed by atoms with Gasteiger partial charge in [0.05, 0.1) is 0 Å². The van der Waals surface area contributed by atoms with E-state index < -0.39 is 12.2 Å². The van der Waals surface area contributed by atoms with E-state index in [1.807, 2.05) is 36.4 Å². The molecule has 0 spiro atoms. The molecule has 0 amide bonds. The SMILES string of the molecule is OC1c2ccc(Br)cc2-c2cc(Br)ccc2[C@@H]1O. The van der Waals surface area contributed by atoms with Crippen LogP contribution in [0.25, 0.3) is 11.1 Å². The normalized spacial score (nSPS) is 21.3. The molecule has 2 aromatic carbocycles. The fourth-order valence-corrected chi connectivity index (χ4v) is 3.10. The second-order valence-electron chi connectivity index (χ2n) is 4.35. The van der Waals surface area contributed by atoms with Gasteiger partial charge in [0.25, 0.3) is 0 Å². The van der Waals surface area contributed by atoms with E-state index in [1.54, 1.807) is 0 Å². The number of aliphatic hydroxyl groups excluding tert-OH is 2. The molecule has 0 heterocycles. The highest BCUT2D eigenvalue weighted by atomic mass is 79.9. The summed E-state index contributed by atoms with van der Waals surface area (Å²) >= 11 is 6.88. The van der Waals surface area contributed by atoms with Crippen LogP contribution in [0.1, 0.15) is 23.3 Å². The maximum Gasteiger partial charge on any atom is 0.110 e. The van der Waals surface area contributed by atoms with Crippen molar-refractivity contribution >= 4 is 31.9 Å². The third-order valence-corrected chi connectivity index (χ3v) is 4.24. The van der Waals surface area contributed by atoms with E-state index in [2.05, 4.69) is 31.9 Å². The van der Waals surface area contributed by atoms with Crippen LogP contribution in [0.3, 0.4) is 0 Å². The van der Waals surface area contributed by atoms with Crippen LogP contribution in [-0.4, -0.2) is 10.2 Å². The minimum Gasteiger partial charge on any atom is -0.385 e. The van der Waals surface area contributed by atoms with Gasteiger partial charge in [-0.25, -0.2) is 0 Å². The first-order valence-corrected chi connectivity index (χ1v) is 7.12. The van der Waals surface area contributed by atoms with Crippen molar-refractivity contribution in [1.82, 2.24) is 0 Å². The molecule has 2 aromatic rings. The summed E-state index contributed by atoms with van der Waals surface area (Å²) in [7, 11) is 0. The maximum absolute atomic E-state index is 10.2. The predicted octanol–water partition coefficient (Wildman–Crippen LogP) is 3.96. The van der Waals surface area contributed by atoms with E-state index in [-0.39, 0.29) is 0 Å². The number of halogens is 2. The molecule has 3 rings (SSSR count). The van der Waals surface area contributed by atoms with Gasteiger partial charge in [0.2, 0.25) is 0 Å². The number of benzene rings is 2. The van der Waals surface area contributed by atoms with Gasteiger partial charge in [-0.2, -0.15) is 0 Å². The van der Waals surface area contributed by atoms with Crippen LogP contribution in [-0.2, 0) is 0 Å². The highest BCUT2D eigenvalue weighted by molar-refractivity contribution is 9.10. The zero-order chi connectivity index (χ0) is 12.9. The lowest BCUT2D eigenvalue weighted by atomic mass is 9.82. The fourth-order valence-electron chi connectivity index (χ4n) is 2.38. The fraction of sp³-hybridized carbons (Fsp3) is 0.143. The molecule has 0 aromatic heterocycles. The smallest absolute Gasteiger partial charge is 0.110 e. The Morgan fingerprint density at radius 1 is 0.722 bits per heavy atom. The van der Waals surface area contributed by atoms with Gasteiger partial charge >= 0.3 is 0 Å². The third-order valence-electron chi connectivity index (χ3n) is 3.26. The molecule has 0 radical (unpaired) electrons. The molecule has 0 fully saturated rings. The van der Waals surface area contributed by atoms with Crippen LogP contribution >= 0.6 is 31.9 Å². The first-order valence-electron chi connectivity index (χ1n) is 5.53. The maximum atomic E-state index is 10.2. The van der Waals surface area contributed by atoms with E-state index in [0.717, 1.165) is 31.2 Å². The Hall–Kier alpha value is -0.680. The van der Waals surface area contributed by atoms with Gasteiger partial charge in [0, 0.05) is 8.95 Å². The molecule has 2 nitrogen and oxygen atoms in total. The highest BCUT2D eigenvalue weighted by Crippen LogP contribution is 2.45. The van der Waals surface area contributed by atoms with Gasteiger partial charge in [-0.15, -0.1) is 0 Å². The zero-order valence-electron chi connectivity index (χ0n) is 9.27. The minimum absolute atomic E-state index is 0.760. The Morgan fingerprint density at radius 3 is 1.50 bits per heavy atom. The summed E-state index contributed by atoms with van der Waals surface area (Å²) in [6, 6.07) is 11.4. The van der Waals surface area contributed by atoms with E-state index >= 15 is 0 Å². The van der Waals surface area contributed by atoms with Crippen molar-refractivity contribution in [3.8, 4) is 11.1 Å². The molecule has 92 valence electrons. The Kier molecular flexibility index (Phi) is 3.06. The number of hydrogen-bond acceptors (Lipinski definition) is 2. The molecule has 1 aliphatic rings. The Bertz CT molecular complexity index is 570. The van der Waals surface area contributed by atoms with Crippen molar-refractivity contribution in [1.29, 1.82) is 0 Å². The second kappa shape index (κ2) is 4.46. The van der Waals surface area contributed by atoms with E-state index in [9.17, 15) is 10.2 Å². The number of fused-ring (bicyclic) bond motifs is 3. The Morgan fingerprint density at radius 2 is 1.11 bits per heavy atom. The van der Waals surface area contributed by atoms with Crippen LogP contribution in [0.4, 0.5) is 0 Å². The average Bonchev–Trinajstić information content (AvgIpc) is 2.36. The Labute approximate surface area is 122 Å². The van der Waals surface area contributed by atoms with Crippen molar-refractivity contribution in [2.45, 2.75) is 12.2 Å². The van der Waals surface area contributed by atoms with Gasteiger partial charge < -0.3 is 10.2 Å². The van der Waals surface area contributed by atoms with Crippen LogP contribution in [0.5, 0.6) is 0 Å². The lowest BCUT2D eigenvalue weighted by molar-refractivity contribution is 0.0158. The molecular formula is C14H10Br2O2. The first kappa shape index (κ1) is 12.4. The summed E-state index contributed by atoms with van der Waals surface area (Å²) in [5, 5.41) is 20.3. The highest BCUT2D eigenvalue weighted by Gasteiger charge is 2.31. The van der Waals surface area contributed by atoms with Crippen molar-refractivity contribution in [2.75, 3.05) is 0 Å². The largest absolute Gasteiger partial charge is 0.385 e. The quantitative estimate of drug-likeness (QED) is 0.737. The van der Waals surface area contributed by atoms with Gasteiger partial charge in [0.15, 0.2) is 0 Å². The number of aliphatic hydroxyl groups is 2.